The Kier molecular flexibility index (Phi) is 5.52. The number of pyridine rings is 2. The van der Waals surface area contributed by atoms with E-state index in [0.29, 0.717) is 11.3 Å². The van der Waals surface area contributed by atoms with Gasteiger partial charge in [0, 0.05) is 18.3 Å². The number of carbonyl (C=O) groups excluding carboxylic acids is 1. The normalized spacial score (nSPS) is 10.8. The topological polar surface area (TPSA) is 98.3 Å². The second kappa shape index (κ2) is 8.01. The van der Waals surface area contributed by atoms with Crippen LogP contribution in [0.3, 0.4) is 0 Å². The van der Waals surface area contributed by atoms with Gasteiger partial charge in [-0.2, -0.15) is 0 Å². The summed E-state index contributed by atoms with van der Waals surface area (Å²) in [7, 11) is 0. The Hall–Kier alpha value is -3.19. The average molecular weight is 366 g/mol. The maximum absolute atomic E-state index is 12.6. The summed E-state index contributed by atoms with van der Waals surface area (Å²) in [5.41, 5.74) is 3.65. The molecule has 0 radical (unpaired) electrons. The number of nitrogens with zero attached hydrogens (tertiary/aromatic N) is 2. The number of aromatic nitrogens is 2. The predicted molar refractivity (Wildman–Crippen MR) is 105 cm³/mol. The maximum Gasteiger partial charge on any atom is 0.322 e. The summed E-state index contributed by atoms with van der Waals surface area (Å²) in [5, 5.41) is 13.0. The van der Waals surface area contributed by atoms with Gasteiger partial charge in [0.1, 0.15) is 0 Å². The van der Waals surface area contributed by atoms with Crippen LogP contribution in [0.4, 0.5) is 10.5 Å². The molecule has 2 heterocycles. The third-order valence-corrected chi connectivity index (χ3v) is 4.30. The number of hydrogen-bond acceptors (Lipinski definition) is 4. The molecule has 0 aliphatic rings. The molecule has 1 aromatic carbocycles. The first kappa shape index (κ1) is 18.6. The van der Waals surface area contributed by atoms with Crippen LogP contribution in [0.2, 0.25) is 0 Å². The van der Waals surface area contributed by atoms with Crippen molar-refractivity contribution in [2.24, 2.45) is 0 Å². The predicted octanol–water partition coefficient (Wildman–Crippen LogP) is 2.57. The van der Waals surface area contributed by atoms with E-state index in [0.717, 1.165) is 22.0 Å². The molecule has 7 nitrogen and oxygen atoms in total. The third kappa shape index (κ3) is 4.32. The number of carbonyl (C=O) groups is 1. The van der Waals surface area contributed by atoms with Gasteiger partial charge in [-0.1, -0.05) is 11.6 Å². The molecule has 0 saturated carbocycles. The van der Waals surface area contributed by atoms with Crippen molar-refractivity contribution in [2.75, 3.05) is 18.5 Å². The second-order valence-electron chi connectivity index (χ2n) is 6.49. The highest BCUT2D eigenvalue weighted by Crippen LogP contribution is 2.18. The molecule has 27 heavy (non-hydrogen) atoms. The zero-order valence-corrected chi connectivity index (χ0v) is 15.3. The smallest absolute Gasteiger partial charge is 0.322 e. The maximum atomic E-state index is 12.6. The highest BCUT2D eigenvalue weighted by molar-refractivity contribution is 5.89. The number of aryl methyl sites for hydroxylation is 2. The van der Waals surface area contributed by atoms with Crippen molar-refractivity contribution in [3.63, 3.8) is 0 Å². The van der Waals surface area contributed by atoms with Gasteiger partial charge in [-0.25, -0.2) is 4.79 Å². The molecule has 3 aromatic rings. The molecule has 3 rings (SSSR count). The lowest BCUT2D eigenvalue weighted by atomic mass is 10.1. The number of urea groups is 1. The highest BCUT2D eigenvalue weighted by Gasteiger charge is 2.16. The van der Waals surface area contributed by atoms with Crippen molar-refractivity contribution in [3.8, 4) is 0 Å². The first-order chi connectivity index (χ1) is 13.0. The molecule has 7 heteroatoms. The van der Waals surface area contributed by atoms with Gasteiger partial charge < -0.3 is 20.3 Å². The zero-order chi connectivity index (χ0) is 19.4. The number of aromatic amines is 1. The molecule has 0 fully saturated rings. The van der Waals surface area contributed by atoms with E-state index in [2.05, 4.69) is 15.3 Å². The molecular weight excluding hydrogens is 344 g/mol. The molecule has 2 amide bonds. The molecule has 0 unspecified atom stereocenters. The Labute approximate surface area is 156 Å². The molecule has 0 atom stereocenters. The number of hydrogen-bond donors (Lipinski definition) is 3. The number of amides is 2. The van der Waals surface area contributed by atoms with Crippen LogP contribution in [0, 0.1) is 13.8 Å². The van der Waals surface area contributed by atoms with Gasteiger partial charge in [-0.15, -0.1) is 0 Å². The van der Waals surface area contributed by atoms with E-state index in [9.17, 15) is 14.7 Å². The molecule has 3 N–H and O–H groups in total. The van der Waals surface area contributed by atoms with Gasteiger partial charge in [-0.3, -0.25) is 9.78 Å². The Morgan fingerprint density at radius 1 is 1.30 bits per heavy atom. The molecule has 0 aliphatic carbocycles. The summed E-state index contributed by atoms with van der Waals surface area (Å²) in [6.07, 6.45) is 3.14. The number of rotatable bonds is 5. The fraction of sp³-hybridized carbons (Fsp3) is 0.250. The van der Waals surface area contributed by atoms with Crippen LogP contribution in [-0.4, -0.2) is 39.2 Å². The van der Waals surface area contributed by atoms with Gasteiger partial charge in [0.15, 0.2) is 0 Å². The van der Waals surface area contributed by atoms with Crippen molar-refractivity contribution < 1.29 is 9.90 Å². The van der Waals surface area contributed by atoms with Crippen LogP contribution in [-0.2, 0) is 6.54 Å². The largest absolute Gasteiger partial charge is 0.395 e. The molecule has 0 spiro atoms. The Morgan fingerprint density at radius 3 is 2.81 bits per heavy atom. The van der Waals surface area contributed by atoms with Gasteiger partial charge in [0.2, 0.25) is 0 Å². The van der Waals surface area contributed by atoms with Gasteiger partial charge in [-0.05, 0) is 49.1 Å². The van der Waals surface area contributed by atoms with E-state index in [4.69, 9.17) is 0 Å². The summed E-state index contributed by atoms with van der Waals surface area (Å²) < 4.78 is 0. The monoisotopic (exact) mass is 366 g/mol. The second-order valence-corrected chi connectivity index (χ2v) is 6.49. The highest BCUT2D eigenvalue weighted by atomic mass is 16.3. The molecular formula is C20H22N4O3. The van der Waals surface area contributed by atoms with Gasteiger partial charge in [0.05, 0.1) is 30.6 Å². The lowest BCUT2D eigenvalue weighted by Gasteiger charge is -2.22. The fourth-order valence-corrected chi connectivity index (χ4v) is 3.07. The van der Waals surface area contributed by atoms with Crippen molar-refractivity contribution in [2.45, 2.75) is 20.4 Å². The van der Waals surface area contributed by atoms with Crippen molar-refractivity contribution in [1.82, 2.24) is 14.9 Å². The number of aliphatic hydroxyl groups excluding tert-OH is 1. The van der Waals surface area contributed by atoms with Crippen molar-refractivity contribution in [3.05, 3.63) is 69.8 Å². The van der Waals surface area contributed by atoms with Crippen LogP contribution in [0.5, 0.6) is 0 Å². The Morgan fingerprint density at radius 2 is 2.11 bits per heavy atom. The lowest BCUT2D eigenvalue weighted by molar-refractivity contribution is 0.185. The van der Waals surface area contributed by atoms with E-state index < -0.39 is 6.03 Å². The van der Waals surface area contributed by atoms with Crippen LogP contribution in [0.25, 0.3) is 10.9 Å². The van der Waals surface area contributed by atoms with Crippen LogP contribution >= 0.6 is 0 Å². The summed E-state index contributed by atoms with van der Waals surface area (Å²) in [4.78, 5) is 33.3. The number of nitrogens with one attached hydrogen (secondary N) is 2. The van der Waals surface area contributed by atoms with Crippen molar-refractivity contribution in [1.29, 1.82) is 0 Å². The van der Waals surface area contributed by atoms with Crippen LogP contribution in [0.15, 0.2) is 47.5 Å². The summed E-state index contributed by atoms with van der Waals surface area (Å²) >= 11 is 0. The number of benzene rings is 1. The number of fused-ring (bicyclic) bond motifs is 1. The molecule has 0 bridgehead atoms. The van der Waals surface area contributed by atoms with Gasteiger partial charge in [0.25, 0.3) is 5.56 Å². The van der Waals surface area contributed by atoms with Crippen molar-refractivity contribution >= 4 is 22.6 Å². The standard InChI is InChI=1S/C20H22N4O3/c1-13-8-14(2)18-15(9-13)10-16(19(26)23-18)12-24(6-7-25)20(27)22-17-4-3-5-21-11-17/h3-5,8-11,25H,6-7,12H2,1-2H3,(H,22,27)(H,23,26). The first-order valence-electron chi connectivity index (χ1n) is 8.68. The van der Waals surface area contributed by atoms with E-state index >= 15 is 0 Å². The first-order valence-corrected chi connectivity index (χ1v) is 8.68. The van der Waals surface area contributed by atoms with E-state index in [1.807, 2.05) is 26.0 Å². The Balaban J connectivity index is 1.88. The minimum Gasteiger partial charge on any atom is -0.395 e. The quantitative estimate of drug-likeness (QED) is 0.646. The average Bonchev–Trinajstić information content (AvgIpc) is 2.63. The minimum atomic E-state index is -0.406. The molecule has 140 valence electrons. The van der Waals surface area contributed by atoms with E-state index in [1.165, 1.54) is 11.1 Å². The summed E-state index contributed by atoms with van der Waals surface area (Å²) in [6.45, 7) is 3.94. The molecule has 0 saturated heterocycles. The zero-order valence-electron chi connectivity index (χ0n) is 15.3. The number of H-pyrrole nitrogens is 1. The lowest BCUT2D eigenvalue weighted by Crippen LogP contribution is -2.38. The summed E-state index contributed by atoms with van der Waals surface area (Å²) in [6, 6.07) is 8.83. The number of anilines is 1. The SMILES string of the molecule is Cc1cc(C)c2[nH]c(=O)c(CN(CCO)C(=O)Nc3cccnc3)cc2c1. The molecule has 2 aromatic heterocycles. The fourth-order valence-electron chi connectivity index (χ4n) is 3.07. The molecule has 0 aliphatic heterocycles. The summed E-state index contributed by atoms with van der Waals surface area (Å²) in [5.74, 6) is 0. The number of aliphatic hydroxyl groups is 1. The van der Waals surface area contributed by atoms with Crippen LogP contribution < -0.4 is 10.9 Å². The minimum absolute atomic E-state index is 0.0882. The van der Waals surface area contributed by atoms with Gasteiger partial charge >= 0.3 is 6.03 Å². The van der Waals surface area contributed by atoms with E-state index in [1.54, 1.807) is 24.4 Å². The van der Waals surface area contributed by atoms with Crippen LogP contribution in [0.1, 0.15) is 16.7 Å². The Bertz CT molecular complexity index is 1010. The van der Waals surface area contributed by atoms with E-state index in [-0.39, 0.29) is 25.3 Å². The third-order valence-electron chi connectivity index (χ3n) is 4.30.